The Hall–Kier alpha value is -2.57. The van der Waals surface area contributed by atoms with Gasteiger partial charge in [-0.25, -0.2) is 4.79 Å². The molecular formula is C25H38N4O3. The zero-order valence-electron chi connectivity index (χ0n) is 19.7. The van der Waals surface area contributed by atoms with Gasteiger partial charge in [0.05, 0.1) is 0 Å². The first-order valence-electron chi connectivity index (χ1n) is 12.1. The molecule has 32 heavy (non-hydrogen) atoms. The minimum absolute atomic E-state index is 0.00587. The predicted octanol–water partition coefficient (Wildman–Crippen LogP) is 3.41. The Balaban J connectivity index is 1.60. The van der Waals surface area contributed by atoms with Crippen molar-refractivity contribution in [3.8, 4) is 0 Å². The molecule has 1 aliphatic carbocycles. The number of urea groups is 1. The Morgan fingerprint density at radius 3 is 2.38 bits per heavy atom. The predicted molar refractivity (Wildman–Crippen MR) is 125 cm³/mol. The van der Waals surface area contributed by atoms with Crippen molar-refractivity contribution in [1.29, 1.82) is 0 Å². The highest BCUT2D eigenvalue weighted by Gasteiger charge is 2.35. The summed E-state index contributed by atoms with van der Waals surface area (Å²) in [6.45, 7) is 7.44. The first kappa shape index (κ1) is 24.1. The molecule has 2 fully saturated rings. The Kier molecular flexibility index (Phi) is 8.53. The maximum Gasteiger partial charge on any atom is 0.315 e. The minimum atomic E-state index is -0.563. The maximum atomic E-state index is 13.4. The van der Waals surface area contributed by atoms with Crippen LogP contribution in [-0.2, 0) is 4.79 Å². The molecule has 1 aliphatic heterocycles. The molecule has 3 atom stereocenters. The molecular weight excluding hydrogens is 404 g/mol. The molecule has 7 nitrogen and oxygen atoms in total. The Labute approximate surface area is 191 Å². The number of hydrogen-bond acceptors (Lipinski definition) is 3. The van der Waals surface area contributed by atoms with Gasteiger partial charge in [-0.2, -0.15) is 0 Å². The maximum absolute atomic E-state index is 13.4. The number of rotatable bonds is 6. The molecule has 0 radical (unpaired) electrons. The van der Waals surface area contributed by atoms with Gasteiger partial charge in [0.25, 0.3) is 5.91 Å². The second-order valence-electron chi connectivity index (χ2n) is 9.31. The van der Waals surface area contributed by atoms with E-state index < -0.39 is 6.04 Å². The third-order valence-electron chi connectivity index (χ3n) is 6.93. The average molecular weight is 443 g/mol. The Morgan fingerprint density at radius 2 is 1.75 bits per heavy atom. The van der Waals surface area contributed by atoms with Crippen molar-refractivity contribution in [2.75, 3.05) is 19.6 Å². The number of nitrogens with zero attached hydrogens (tertiary/aromatic N) is 2. The van der Waals surface area contributed by atoms with Gasteiger partial charge >= 0.3 is 6.03 Å². The van der Waals surface area contributed by atoms with Crippen LogP contribution in [0.3, 0.4) is 0 Å². The summed E-state index contributed by atoms with van der Waals surface area (Å²) in [6.07, 6.45) is 6.31. The van der Waals surface area contributed by atoms with E-state index in [2.05, 4.69) is 10.6 Å². The molecule has 3 unspecified atom stereocenters. The van der Waals surface area contributed by atoms with Gasteiger partial charge in [-0.15, -0.1) is 0 Å². The van der Waals surface area contributed by atoms with Crippen molar-refractivity contribution >= 4 is 17.8 Å². The van der Waals surface area contributed by atoms with E-state index in [1.807, 2.05) is 56.0 Å². The van der Waals surface area contributed by atoms with Gasteiger partial charge in [-0.1, -0.05) is 57.7 Å². The van der Waals surface area contributed by atoms with Crippen molar-refractivity contribution in [3.63, 3.8) is 0 Å². The number of hydrogen-bond donors (Lipinski definition) is 2. The summed E-state index contributed by atoms with van der Waals surface area (Å²) in [5.74, 6) is -0.0376. The Morgan fingerprint density at radius 1 is 1.06 bits per heavy atom. The normalized spacial score (nSPS) is 21.5. The van der Waals surface area contributed by atoms with Gasteiger partial charge in [0.2, 0.25) is 5.91 Å². The van der Waals surface area contributed by atoms with Crippen molar-refractivity contribution < 1.29 is 14.4 Å². The van der Waals surface area contributed by atoms with Crippen molar-refractivity contribution in [3.05, 3.63) is 35.9 Å². The van der Waals surface area contributed by atoms with Crippen molar-refractivity contribution in [1.82, 2.24) is 20.4 Å². The number of carbonyl (C=O) groups excluding carboxylic acids is 3. The zero-order valence-corrected chi connectivity index (χ0v) is 19.7. The summed E-state index contributed by atoms with van der Waals surface area (Å²) >= 11 is 0. The molecule has 7 heteroatoms. The molecule has 2 aliphatic rings. The number of carbonyl (C=O) groups is 3. The molecule has 2 N–H and O–H groups in total. The first-order chi connectivity index (χ1) is 15.4. The standard InChI is InChI=1S/C25H38N4O3/c1-4-18(2)22(27-25(32)26-21-13-9-6-10-14-21)24(31)28-15-16-29(19(3)17-28)23(30)20-11-7-5-8-12-20/h5,7-8,11-12,18-19,21-22H,4,6,9-10,13-17H2,1-3H3,(H2,26,27,32). The van der Waals surface area contributed by atoms with Crippen LogP contribution >= 0.6 is 0 Å². The monoisotopic (exact) mass is 442 g/mol. The van der Waals surface area contributed by atoms with E-state index in [9.17, 15) is 14.4 Å². The summed E-state index contributed by atoms with van der Waals surface area (Å²) in [6, 6.07) is 8.55. The van der Waals surface area contributed by atoms with Gasteiger partial charge < -0.3 is 20.4 Å². The third kappa shape index (κ3) is 6.02. The molecule has 1 saturated heterocycles. The Bertz CT molecular complexity index is 779. The quantitative estimate of drug-likeness (QED) is 0.708. The molecule has 1 aromatic rings. The van der Waals surface area contributed by atoms with Gasteiger partial charge in [-0.3, -0.25) is 9.59 Å². The lowest BCUT2D eigenvalue weighted by Gasteiger charge is -2.41. The van der Waals surface area contributed by atoms with Gasteiger partial charge in [0.1, 0.15) is 6.04 Å². The lowest BCUT2D eigenvalue weighted by atomic mass is 9.95. The highest BCUT2D eigenvalue weighted by atomic mass is 16.2. The van der Waals surface area contributed by atoms with Crippen LogP contribution in [-0.4, -0.2) is 65.4 Å². The van der Waals surface area contributed by atoms with Crippen LogP contribution in [0.1, 0.15) is 69.7 Å². The smallest absolute Gasteiger partial charge is 0.315 e. The summed E-state index contributed by atoms with van der Waals surface area (Å²) in [4.78, 5) is 42.5. The number of amides is 4. The molecule has 1 aromatic carbocycles. The van der Waals surface area contributed by atoms with Gasteiger partial charge in [0.15, 0.2) is 0 Å². The zero-order chi connectivity index (χ0) is 23.1. The largest absolute Gasteiger partial charge is 0.337 e. The fraction of sp³-hybridized carbons (Fsp3) is 0.640. The van der Waals surface area contributed by atoms with Crippen LogP contribution in [0, 0.1) is 5.92 Å². The highest BCUT2D eigenvalue weighted by Crippen LogP contribution is 2.19. The molecule has 0 spiro atoms. The fourth-order valence-corrected chi connectivity index (χ4v) is 4.70. The van der Waals surface area contributed by atoms with E-state index in [1.54, 1.807) is 4.90 Å². The van der Waals surface area contributed by atoms with Gasteiger partial charge in [-0.05, 0) is 37.8 Å². The van der Waals surface area contributed by atoms with Crippen LogP contribution in [0.25, 0.3) is 0 Å². The van der Waals surface area contributed by atoms with E-state index in [-0.39, 0.29) is 35.8 Å². The first-order valence-corrected chi connectivity index (χ1v) is 12.1. The highest BCUT2D eigenvalue weighted by molar-refractivity contribution is 5.94. The fourth-order valence-electron chi connectivity index (χ4n) is 4.70. The average Bonchev–Trinajstić information content (AvgIpc) is 2.82. The van der Waals surface area contributed by atoms with E-state index >= 15 is 0 Å². The summed E-state index contributed by atoms with van der Waals surface area (Å²) < 4.78 is 0. The summed E-state index contributed by atoms with van der Waals surface area (Å²) in [7, 11) is 0. The van der Waals surface area contributed by atoms with Gasteiger partial charge in [0, 0.05) is 37.3 Å². The number of benzene rings is 1. The molecule has 0 aromatic heterocycles. The number of nitrogens with one attached hydrogen (secondary N) is 2. The van der Waals surface area contributed by atoms with Crippen LogP contribution in [0.5, 0.6) is 0 Å². The van der Waals surface area contributed by atoms with Crippen LogP contribution in [0.2, 0.25) is 0 Å². The molecule has 4 amide bonds. The lowest BCUT2D eigenvalue weighted by Crippen LogP contribution is -2.61. The van der Waals surface area contributed by atoms with Crippen molar-refractivity contribution in [2.24, 2.45) is 5.92 Å². The topological polar surface area (TPSA) is 81.8 Å². The van der Waals surface area contributed by atoms with Crippen LogP contribution in [0.15, 0.2) is 30.3 Å². The molecule has 1 saturated carbocycles. The second-order valence-corrected chi connectivity index (χ2v) is 9.31. The lowest BCUT2D eigenvalue weighted by molar-refractivity contribution is -0.136. The van der Waals surface area contributed by atoms with Crippen molar-refractivity contribution in [2.45, 2.75) is 77.4 Å². The SMILES string of the molecule is CCC(C)C(NC(=O)NC1CCCCC1)C(=O)N1CCN(C(=O)c2ccccc2)C(C)C1. The minimum Gasteiger partial charge on any atom is -0.337 e. The van der Waals surface area contributed by atoms with E-state index in [1.165, 1.54) is 6.42 Å². The molecule has 3 rings (SSSR count). The van der Waals surface area contributed by atoms with E-state index in [0.717, 1.165) is 32.1 Å². The van der Waals surface area contributed by atoms with E-state index in [4.69, 9.17) is 0 Å². The second kappa shape index (κ2) is 11.3. The van der Waals surface area contributed by atoms with E-state index in [0.29, 0.717) is 25.2 Å². The molecule has 176 valence electrons. The summed E-state index contributed by atoms with van der Waals surface area (Å²) in [5, 5.41) is 6.03. The number of piperazine rings is 1. The molecule has 1 heterocycles. The molecule has 0 bridgehead atoms. The third-order valence-corrected chi connectivity index (χ3v) is 6.93. The van der Waals surface area contributed by atoms with Crippen LogP contribution in [0.4, 0.5) is 4.79 Å². The van der Waals surface area contributed by atoms with Crippen LogP contribution < -0.4 is 10.6 Å². The summed E-state index contributed by atoms with van der Waals surface area (Å²) in [5.41, 5.74) is 0.664.